The Kier molecular flexibility index (Phi) is 10.7. The van der Waals surface area contributed by atoms with E-state index >= 15 is 0 Å². The fraction of sp³-hybridized carbons (Fsp3) is 0.500. The molecule has 1 aliphatic rings. The van der Waals surface area contributed by atoms with E-state index in [0.29, 0.717) is 38.6 Å². The normalized spacial score (nSPS) is 16.6. The third kappa shape index (κ3) is 7.78. The van der Waals surface area contributed by atoms with Crippen molar-refractivity contribution in [2.24, 2.45) is 5.73 Å². The molecule has 3 rings (SSSR count). The molecule has 2 aromatic rings. The standard InChI is InChI=1S/C26H35N3O6S/c1-2-34-25(31)21(12-11-18-8-4-3-5-9-18)28-20(10-6-7-14-27)24(30)29-17-22-19(13-15-36-22)16-23(29)35-26(32)33/h3-5,8-9,13,15,20-21,23,28H,2,6-7,10-12,14,16-17,27H2,1H3,(H,32,33)/t20-,21-,23-/m0/s1. The van der Waals surface area contributed by atoms with Gasteiger partial charge in [0.25, 0.3) is 0 Å². The van der Waals surface area contributed by atoms with E-state index in [1.54, 1.807) is 6.92 Å². The van der Waals surface area contributed by atoms with Crippen LogP contribution in [0.4, 0.5) is 4.79 Å². The summed E-state index contributed by atoms with van der Waals surface area (Å²) in [6.45, 7) is 2.72. The van der Waals surface area contributed by atoms with Crippen molar-refractivity contribution in [3.63, 3.8) is 0 Å². The number of thiophene rings is 1. The number of ether oxygens (including phenoxy) is 2. The largest absolute Gasteiger partial charge is 0.507 e. The van der Waals surface area contributed by atoms with E-state index in [2.05, 4.69) is 5.32 Å². The molecule has 1 amide bonds. The topological polar surface area (TPSA) is 131 Å². The summed E-state index contributed by atoms with van der Waals surface area (Å²) in [5, 5.41) is 14.5. The van der Waals surface area contributed by atoms with Crippen LogP contribution in [0.25, 0.3) is 0 Å². The predicted molar refractivity (Wildman–Crippen MR) is 136 cm³/mol. The quantitative estimate of drug-likeness (QED) is 0.272. The molecule has 1 aliphatic heterocycles. The van der Waals surface area contributed by atoms with Crippen LogP contribution in [0.15, 0.2) is 41.8 Å². The lowest BCUT2D eigenvalue weighted by Gasteiger charge is -2.37. The first-order valence-electron chi connectivity index (χ1n) is 12.3. The molecule has 0 unspecified atom stereocenters. The Morgan fingerprint density at radius 1 is 1.17 bits per heavy atom. The van der Waals surface area contributed by atoms with Gasteiger partial charge in [0.05, 0.1) is 19.2 Å². The van der Waals surface area contributed by atoms with Crippen LogP contribution in [-0.4, -0.2) is 59.5 Å². The first-order chi connectivity index (χ1) is 17.4. The SMILES string of the molecule is CCOC(=O)[C@H](CCc1ccccc1)N[C@@H](CCCCN)C(=O)N1Cc2sccc2C[C@@H]1OC(=O)O. The number of amides is 1. The van der Waals surface area contributed by atoms with Crippen LogP contribution in [0.2, 0.25) is 0 Å². The Morgan fingerprint density at radius 3 is 2.64 bits per heavy atom. The van der Waals surface area contributed by atoms with Crippen molar-refractivity contribution in [1.29, 1.82) is 0 Å². The van der Waals surface area contributed by atoms with Crippen molar-refractivity contribution in [2.45, 2.75) is 70.3 Å². The zero-order valence-corrected chi connectivity index (χ0v) is 21.4. The molecule has 4 N–H and O–H groups in total. The summed E-state index contributed by atoms with van der Waals surface area (Å²) in [5.74, 6) is -0.714. The summed E-state index contributed by atoms with van der Waals surface area (Å²) < 4.78 is 10.4. The molecule has 1 aromatic carbocycles. The molecule has 0 aliphatic carbocycles. The van der Waals surface area contributed by atoms with Gasteiger partial charge in [-0.15, -0.1) is 11.3 Å². The third-order valence-corrected chi connectivity index (χ3v) is 7.14. The number of carboxylic acid groups (broad SMARTS) is 1. The molecule has 0 spiro atoms. The maximum Gasteiger partial charge on any atom is 0.507 e. The summed E-state index contributed by atoms with van der Waals surface area (Å²) in [6.07, 6.45) is 0.867. The third-order valence-electron chi connectivity index (χ3n) is 6.20. The number of nitrogens with two attached hydrogens (primary N) is 1. The van der Waals surface area contributed by atoms with E-state index in [9.17, 15) is 19.5 Å². The Bertz CT molecular complexity index is 999. The lowest BCUT2D eigenvalue weighted by molar-refractivity contribution is -0.149. The molecule has 2 heterocycles. The molecule has 9 nitrogen and oxygen atoms in total. The van der Waals surface area contributed by atoms with E-state index in [4.69, 9.17) is 15.2 Å². The van der Waals surface area contributed by atoms with Gasteiger partial charge >= 0.3 is 12.1 Å². The summed E-state index contributed by atoms with van der Waals surface area (Å²) in [4.78, 5) is 40.5. The molecule has 196 valence electrons. The molecule has 3 atom stereocenters. The molecule has 0 bridgehead atoms. The van der Waals surface area contributed by atoms with Gasteiger partial charge < -0.3 is 20.3 Å². The van der Waals surface area contributed by atoms with Crippen molar-refractivity contribution in [3.05, 3.63) is 57.8 Å². The number of nitrogens with one attached hydrogen (secondary N) is 1. The smallest absolute Gasteiger partial charge is 0.465 e. The summed E-state index contributed by atoms with van der Waals surface area (Å²) in [6, 6.07) is 10.3. The predicted octanol–water partition coefficient (Wildman–Crippen LogP) is 3.31. The monoisotopic (exact) mass is 517 g/mol. The zero-order valence-electron chi connectivity index (χ0n) is 20.6. The van der Waals surface area contributed by atoms with Gasteiger partial charge in [-0.25, -0.2) is 4.79 Å². The number of nitrogens with zero attached hydrogens (tertiary/aromatic N) is 1. The van der Waals surface area contributed by atoms with Gasteiger partial charge in [-0.3, -0.25) is 19.8 Å². The number of benzene rings is 1. The number of fused-ring (bicyclic) bond motifs is 1. The van der Waals surface area contributed by atoms with Crippen molar-refractivity contribution in [1.82, 2.24) is 10.2 Å². The molecule has 0 radical (unpaired) electrons. The van der Waals surface area contributed by atoms with Gasteiger partial charge in [-0.2, -0.15) is 0 Å². The fourth-order valence-corrected chi connectivity index (χ4v) is 5.28. The Hall–Kier alpha value is -2.95. The highest BCUT2D eigenvalue weighted by atomic mass is 32.1. The lowest BCUT2D eigenvalue weighted by Crippen LogP contribution is -2.56. The minimum Gasteiger partial charge on any atom is -0.465 e. The second-order valence-corrected chi connectivity index (χ2v) is 9.71. The molecule has 36 heavy (non-hydrogen) atoms. The van der Waals surface area contributed by atoms with Gasteiger partial charge in [0, 0.05) is 11.3 Å². The van der Waals surface area contributed by atoms with Crippen LogP contribution in [0.5, 0.6) is 0 Å². The number of unbranched alkanes of at least 4 members (excludes halogenated alkanes) is 1. The average molecular weight is 518 g/mol. The number of rotatable bonds is 13. The first kappa shape index (κ1) is 27.6. The van der Waals surface area contributed by atoms with Crippen LogP contribution in [-0.2, 0) is 38.4 Å². The van der Waals surface area contributed by atoms with E-state index < -0.39 is 30.4 Å². The number of esters is 1. The van der Waals surface area contributed by atoms with E-state index in [0.717, 1.165) is 22.4 Å². The Balaban J connectivity index is 1.81. The van der Waals surface area contributed by atoms with Crippen molar-refractivity contribution in [3.8, 4) is 0 Å². The van der Waals surface area contributed by atoms with Crippen molar-refractivity contribution in [2.75, 3.05) is 13.2 Å². The Labute approximate surface area is 215 Å². The molecular formula is C26H35N3O6S. The molecule has 10 heteroatoms. The van der Waals surface area contributed by atoms with Crippen LogP contribution in [0.3, 0.4) is 0 Å². The molecule has 0 fully saturated rings. The highest BCUT2D eigenvalue weighted by Crippen LogP contribution is 2.29. The highest BCUT2D eigenvalue weighted by Gasteiger charge is 2.37. The van der Waals surface area contributed by atoms with Crippen LogP contribution >= 0.6 is 11.3 Å². The van der Waals surface area contributed by atoms with Gasteiger partial charge in [-0.1, -0.05) is 36.8 Å². The van der Waals surface area contributed by atoms with E-state index in [1.165, 1.54) is 16.2 Å². The molecule has 0 saturated carbocycles. The maximum absolute atomic E-state index is 13.8. The first-order valence-corrected chi connectivity index (χ1v) is 13.2. The van der Waals surface area contributed by atoms with Gasteiger partial charge in [-0.05, 0) is 61.7 Å². The minimum absolute atomic E-state index is 0.232. The van der Waals surface area contributed by atoms with Gasteiger partial charge in [0.15, 0.2) is 6.23 Å². The number of carbonyl (C=O) groups excluding carboxylic acids is 2. The average Bonchev–Trinajstić information content (AvgIpc) is 3.32. The summed E-state index contributed by atoms with van der Waals surface area (Å²) >= 11 is 1.52. The fourth-order valence-electron chi connectivity index (χ4n) is 4.37. The number of hydrogen-bond acceptors (Lipinski definition) is 8. The summed E-state index contributed by atoms with van der Waals surface area (Å²) in [5.41, 5.74) is 7.74. The van der Waals surface area contributed by atoms with Crippen LogP contribution in [0, 0.1) is 0 Å². The van der Waals surface area contributed by atoms with Crippen molar-refractivity contribution >= 4 is 29.4 Å². The number of carbonyl (C=O) groups is 3. The number of aryl methyl sites for hydroxylation is 1. The molecule has 1 aromatic heterocycles. The number of hydrogen-bond donors (Lipinski definition) is 3. The van der Waals surface area contributed by atoms with Crippen LogP contribution < -0.4 is 11.1 Å². The maximum atomic E-state index is 13.8. The molecule has 0 saturated heterocycles. The minimum atomic E-state index is -1.43. The van der Waals surface area contributed by atoms with Crippen molar-refractivity contribution < 1.29 is 29.0 Å². The summed E-state index contributed by atoms with van der Waals surface area (Å²) in [7, 11) is 0. The van der Waals surface area contributed by atoms with E-state index in [-0.39, 0.29) is 19.1 Å². The molecular weight excluding hydrogens is 482 g/mol. The van der Waals surface area contributed by atoms with Crippen LogP contribution in [0.1, 0.15) is 48.6 Å². The van der Waals surface area contributed by atoms with E-state index in [1.807, 2.05) is 41.8 Å². The second-order valence-electron chi connectivity index (χ2n) is 8.71. The lowest BCUT2D eigenvalue weighted by atomic mass is 10.0. The Morgan fingerprint density at radius 2 is 1.94 bits per heavy atom. The zero-order chi connectivity index (χ0) is 25.9. The second kappa shape index (κ2) is 14.0. The van der Waals surface area contributed by atoms with Gasteiger partial charge in [0.1, 0.15) is 6.04 Å². The van der Waals surface area contributed by atoms with Gasteiger partial charge in [0.2, 0.25) is 5.91 Å². The highest BCUT2D eigenvalue weighted by molar-refractivity contribution is 7.10.